The topological polar surface area (TPSA) is 43.4 Å². The van der Waals surface area contributed by atoms with Crippen LogP contribution in [0.2, 0.25) is 0 Å². The van der Waals surface area contributed by atoms with Crippen molar-refractivity contribution in [3.8, 4) is 0 Å². The van der Waals surface area contributed by atoms with Gasteiger partial charge in [-0.05, 0) is 48.9 Å². The van der Waals surface area contributed by atoms with Gasteiger partial charge in [-0.25, -0.2) is 4.79 Å². The average Bonchev–Trinajstić information content (AvgIpc) is 2.81. The summed E-state index contributed by atoms with van der Waals surface area (Å²) >= 11 is 0. The molecule has 0 fully saturated rings. The van der Waals surface area contributed by atoms with Crippen LogP contribution in [0.4, 0.5) is 0 Å². The number of benzene rings is 2. The fourth-order valence-electron chi connectivity index (χ4n) is 3.65. The number of rotatable bonds is 15. The average molecular weight is 423 g/mol. The molecule has 0 aliphatic heterocycles. The molecule has 0 aromatic heterocycles. The summed E-state index contributed by atoms with van der Waals surface area (Å²) in [5, 5.41) is 0. The molecule has 2 aromatic carbocycles. The summed E-state index contributed by atoms with van der Waals surface area (Å²) in [6, 6.07) is 15.2. The van der Waals surface area contributed by atoms with Crippen molar-refractivity contribution < 1.29 is 14.3 Å². The second-order valence-electron chi connectivity index (χ2n) is 8.37. The third-order valence-corrected chi connectivity index (χ3v) is 5.69. The van der Waals surface area contributed by atoms with E-state index in [1.165, 1.54) is 68.9 Å². The Kier molecular flexibility index (Phi) is 11.7. The van der Waals surface area contributed by atoms with Crippen molar-refractivity contribution in [1.29, 1.82) is 0 Å². The lowest BCUT2D eigenvalue weighted by molar-refractivity contribution is 0.0474. The summed E-state index contributed by atoms with van der Waals surface area (Å²) in [6.45, 7) is 4.20. The van der Waals surface area contributed by atoms with Crippen LogP contribution in [0.25, 0.3) is 0 Å². The largest absolute Gasteiger partial charge is 0.454 e. The van der Waals surface area contributed by atoms with E-state index in [-0.39, 0.29) is 12.4 Å². The minimum Gasteiger partial charge on any atom is -0.454 e. The zero-order chi connectivity index (χ0) is 22.3. The summed E-state index contributed by atoms with van der Waals surface area (Å²) in [5.41, 5.74) is 3.56. The van der Waals surface area contributed by atoms with E-state index in [4.69, 9.17) is 4.74 Å². The van der Waals surface area contributed by atoms with Gasteiger partial charge in [-0.15, -0.1) is 0 Å². The molecule has 0 saturated heterocycles. The van der Waals surface area contributed by atoms with Gasteiger partial charge in [0.1, 0.15) is 0 Å². The van der Waals surface area contributed by atoms with Gasteiger partial charge in [0.2, 0.25) is 0 Å². The molecule has 0 atom stereocenters. The van der Waals surface area contributed by atoms with E-state index in [9.17, 15) is 9.59 Å². The third-order valence-electron chi connectivity index (χ3n) is 5.69. The number of hydrogen-bond donors (Lipinski definition) is 0. The normalized spacial score (nSPS) is 10.8. The lowest BCUT2D eigenvalue weighted by atomic mass is 10.0. The van der Waals surface area contributed by atoms with E-state index in [0.29, 0.717) is 11.1 Å². The number of Topliss-reactive ketones (excluding diaryl/α,β-unsaturated/α-hetero) is 1. The van der Waals surface area contributed by atoms with Gasteiger partial charge in [-0.3, -0.25) is 4.79 Å². The smallest absolute Gasteiger partial charge is 0.338 e. The molecular weight excluding hydrogens is 384 g/mol. The molecule has 3 heteroatoms. The van der Waals surface area contributed by atoms with Crippen molar-refractivity contribution in [2.24, 2.45) is 0 Å². The van der Waals surface area contributed by atoms with Gasteiger partial charge in [0.15, 0.2) is 12.4 Å². The molecule has 168 valence electrons. The second-order valence-corrected chi connectivity index (χ2v) is 8.37. The van der Waals surface area contributed by atoms with E-state index in [2.05, 4.69) is 13.8 Å². The van der Waals surface area contributed by atoms with Crippen molar-refractivity contribution in [2.45, 2.75) is 84.5 Å². The zero-order valence-corrected chi connectivity index (χ0v) is 19.3. The first-order valence-electron chi connectivity index (χ1n) is 12.0. The van der Waals surface area contributed by atoms with Gasteiger partial charge >= 0.3 is 5.97 Å². The highest BCUT2D eigenvalue weighted by Gasteiger charge is 2.12. The highest BCUT2D eigenvalue weighted by molar-refractivity contribution is 5.99. The Hall–Kier alpha value is -2.42. The number of ketones is 1. The molecule has 0 saturated carbocycles. The molecule has 2 aromatic rings. The maximum Gasteiger partial charge on any atom is 0.338 e. The lowest BCUT2D eigenvalue weighted by Crippen LogP contribution is -2.14. The molecule has 0 amide bonds. The fraction of sp³-hybridized carbons (Fsp3) is 0.500. The van der Waals surface area contributed by atoms with Crippen molar-refractivity contribution in [3.63, 3.8) is 0 Å². The quantitative estimate of drug-likeness (QED) is 0.171. The first kappa shape index (κ1) is 24.8. The van der Waals surface area contributed by atoms with Crippen molar-refractivity contribution in [3.05, 3.63) is 70.8 Å². The van der Waals surface area contributed by atoms with Crippen LogP contribution in [-0.4, -0.2) is 18.4 Å². The predicted molar refractivity (Wildman–Crippen MR) is 128 cm³/mol. The molecule has 0 radical (unpaired) electrons. The van der Waals surface area contributed by atoms with Crippen LogP contribution in [0.1, 0.15) is 103 Å². The molecule has 0 bridgehead atoms. The van der Waals surface area contributed by atoms with E-state index in [1.807, 2.05) is 36.4 Å². The van der Waals surface area contributed by atoms with Gasteiger partial charge < -0.3 is 4.74 Å². The number of carbonyl (C=O) groups is 2. The van der Waals surface area contributed by atoms with E-state index < -0.39 is 5.97 Å². The Morgan fingerprint density at radius 3 is 1.58 bits per heavy atom. The van der Waals surface area contributed by atoms with Crippen LogP contribution in [0.3, 0.4) is 0 Å². The number of esters is 1. The number of hydrogen-bond acceptors (Lipinski definition) is 3. The third kappa shape index (κ3) is 9.50. The molecule has 3 nitrogen and oxygen atoms in total. The molecule has 2 rings (SSSR count). The van der Waals surface area contributed by atoms with Gasteiger partial charge in [-0.2, -0.15) is 0 Å². The molecular formula is C28H38O3. The SMILES string of the molecule is CCCCCCCc1ccc(C(=O)OCC(=O)c2ccc(CCCCCC)cc2)cc1. The number of ether oxygens (including phenoxy) is 1. The molecule has 0 unspecified atom stereocenters. The van der Waals surface area contributed by atoms with Gasteiger partial charge in [0.25, 0.3) is 0 Å². The van der Waals surface area contributed by atoms with E-state index in [1.54, 1.807) is 12.1 Å². The zero-order valence-electron chi connectivity index (χ0n) is 19.3. The summed E-state index contributed by atoms with van der Waals surface area (Å²) in [4.78, 5) is 24.6. The molecule has 0 spiro atoms. The van der Waals surface area contributed by atoms with Crippen LogP contribution in [0.15, 0.2) is 48.5 Å². The number of unbranched alkanes of at least 4 members (excludes halogenated alkanes) is 7. The molecule has 31 heavy (non-hydrogen) atoms. The standard InChI is InChI=1S/C28H38O3/c1-3-5-7-9-11-13-24-16-20-26(21-17-24)28(30)31-22-27(29)25-18-14-23(15-19-25)12-10-8-6-4-2/h14-21H,3-13,22H2,1-2H3. The monoisotopic (exact) mass is 422 g/mol. The van der Waals surface area contributed by atoms with E-state index >= 15 is 0 Å². The lowest BCUT2D eigenvalue weighted by Gasteiger charge is -2.07. The van der Waals surface area contributed by atoms with Crippen LogP contribution >= 0.6 is 0 Å². The van der Waals surface area contributed by atoms with Crippen molar-refractivity contribution in [1.82, 2.24) is 0 Å². The van der Waals surface area contributed by atoms with Crippen LogP contribution in [0.5, 0.6) is 0 Å². The second kappa shape index (κ2) is 14.6. The Morgan fingerprint density at radius 2 is 1.06 bits per heavy atom. The molecule has 0 aliphatic rings. The molecule has 0 aliphatic carbocycles. The maximum absolute atomic E-state index is 12.4. The van der Waals surface area contributed by atoms with Gasteiger partial charge in [-0.1, -0.05) is 95.2 Å². The Labute approximate surface area is 188 Å². The van der Waals surface area contributed by atoms with E-state index in [0.717, 1.165) is 12.8 Å². The minimum atomic E-state index is -0.449. The summed E-state index contributed by atoms with van der Waals surface area (Å²) in [5.74, 6) is -0.620. The summed E-state index contributed by atoms with van der Waals surface area (Å²) < 4.78 is 5.24. The number of carbonyl (C=O) groups excluding carboxylic acids is 2. The summed E-state index contributed by atoms with van der Waals surface area (Å²) in [6.07, 6.45) is 13.3. The maximum atomic E-state index is 12.4. The fourth-order valence-corrected chi connectivity index (χ4v) is 3.65. The number of aryl methyl sites for hydroxylation is 2. The minimum absolute atomic E-state index is 0.172. The van der Waals surface area contributed by atoms with Crippen LogP contribution in [0, 0.1) is 0 Å². The Balaban J connectivity index is 1.74. The Morgan fingerprint density at radius 1 is 0.613 bits per heavy atom. The molecule has 0 N–H and O–H groups in total. The predicted octanol–water partition coefficient (Wildman–Crippen LogP) is 7.36. The summed E-state index contributed by atoms with van der Waals surface area (Å²) in [7, 11) is 0. The first-order valence-corrected chi connectivity index (χ1v) is 12.0. The van der Waals surface area contributed by atoms with Crippen LogP contribution in [-0.2, 0) is 17.6 Å². The van der Waals surface area contributed by atoms with Gasteiger partial charge in [0, 0.05) is 5.56 Å². The van der Waals surface area contributed by atoms with Crippen molar-refractivity contribution in [2.75, 3.05) is 6.61 Å². The van der Waals surface area contributed by atoms with Crippen LogP contribution < -0.4 is 0 Å². The van der Waals surface area contributed by atoms with Gasteiger partial charge in [0.05, 0.1) is 5.56 Å². The molecule has 0 heterocycles. The highest BCUT2D eigenvalue weighted by atomic mass is 16.5. The first-order chi connectivity index (χ1) is 15.1. The van der Waals surface area contributed by atoms with Crippen molar-refractivity contribution >= 4 is 11.8 Å². The Bertz CT molecular complexity index is 775. The highest BCUT2D eigenvalue weighted by Crippen LogP contribution is 2.13.